The van der Waals surface area contributed by atoms with E-state index >= 15 is 0 Å². The smallest absolute Gasteiger partial charge is 0.0640 e. The van der Waals surface area contributed by atoms with E-state index < -0.39 is 0 Å². The molecule has 0 spiro atoms. The highest BCUT2D eigenvalue weighted by atomic mass is 15.3. The molecule has 0 aliphatic heterocycles. The van der Waals surface area contributed by atoms with E-state index in [4.69, 9.17) is 5.10 Å². The van der Waals surface area contributed by atoms with Crippen molar-refractivity contribution in [3.05, 3.63) is 18.0 Å². The van der Waals surface area contributed by atoms with Gasteiger partial charge in [0, 0.05) is 24.7 Å². The highest BCUT2D eigenvalue weighted by Gasteiger charge is 2.37. The Balaban J connectivity index is 2.06. The van der Waals surface area contributed by atoms with E-state index in [-0.39, 0.29) is 0 Å². The van der Waals surface area contributed by atoms with Crippen LogP contribution in [0.2, 0.25) is 0 Å². The number of nitrogens with zero attached hydrogens (tertiary/aromatic N) is 2. The van der Waals surface area contributed by atoms with Crippen molar-refractivity contribution in [1.82, 2.24) is 15.1 Å². The minimum Gasteiger partial charge on any atom is -0.316 e. The van der Waals surface area contributed by atoms with Gasteiger partial charge in [-0.15, -0.1) is 0 Å². The van der Waals surface area contributed by atoms with Gasteiger partial charge in [-0.05, 0) is 50.6 Å². The Labute approximate surface area is 130 Å². The molecular formula is C18H33N3. The lowest BCUT2D eigenvalue weighted by molar-refractivity contribution is 0.101. The summed E-state index contributed by atoms with van der Waals surface area (Å²) in [5.74, 6) is 0.755. The monoisotopic (exact) mass is 291 g/mol. The van der Waals surface area contributed by atoms with Crippen LogP contribution in [0.1, 0.15) is 71.5 Å². The van der Waals surface area contributed by atoms with E-state index in [9.17, 15) is 0 Å². The van der Waals surface area contributed by atoms with Crippen LogP contribution in [-0.2, 0) is 6.42 Å². The van der Waals surface area contributed by atoms with Gasteiger partial charge in [-0.3, -0.25) is 4.68 Å². The normalized spacial score (nSPS) is 24.7. The number of aromatic nitrogens is 2. The molecule has 2 rings (SSSR count). The molecule has 0 amide bonds. The van der Waals surface area contributed by atoms with E-state index in [0.29, 0.717) is 17.5 Å². The van der Waals surface area contributed by atoms with Gasteiger partial charge >= 0.3 is 0 Å². The molecule has 0 aromatic carbocycles. The van der Waals surface area contributed by atoms with Crippen molar-refractivity contribution in [1.29, 1.82) is 0 Å². The summed E-state index contributed by atoms with van der Waals surface area (Å²) in [7, 11) is 2.11. The van der Waals surface area contributed by atoms with Gasteiger partial charge in [0.1, 0.15) is 0 Å². The molecule has 3 atom stereocenters. The van der Waals surface area contributed by atoms with Crippen LogP contribution in [-0.4, -0.2) is 22.9 Å². The molecule has 120 valence electrons. The molecule has 3 unspecified atom stereocenters. The third-order valence-corrected chi connectivity index (χ3v) is 5.58. The van der Waals surface area contributed by atoms with Gasteiger partial charge < -0.3 is 5.32 Å². The molecule has 1 heterocycles. The van der Waals surface area contributed by atoms with Crippen LogP contribution in [0.3, 0.4) is 0 Å². The fourth-order valence-electron chi connectivity index (χ4n) is 3.86. The van der Waals surface area contributed by atoms with Crippen molar-refractivity contribution in [2.75, 3.05) is 7.05 Å². The van der Waals surface area contributed by atoms with Gasteiger partial charge in [-0.1, -0.05) is 33.6 Å². The van der Waals surface area contributed by atoms with Crippen LogP contribution >= 0.6 is 0 Å². The summed E-state index contributed by atoms with van der Waals surface area (Å²) in [6, 6.07) is 3.24. The standard InChI is InChI=1S/C18H33N3/c1-6-14(2)21-12-10-15(20-21)13-17(19-5)16-9-7-8-11-18(16,3)4/h10,12,14,16-17,19H,6-9,11,13H2,1-5H3. The van der Waals surface area contributed by atoms with Gasteiger partial charge in [0.15, 0.2) is 0 Å². The van der Waals surface area contributed by atoms with Crippen molar-refractivity contribution in [2.24, 2.45) is 11.3 Å². The third kappa shape index (κ3) is 3.88. The van der Waals surface area contributed by atoms with Crippen molar-refractivity contribution >= 4 is 0 Å². The van der Waals surface area contributed by atoms with Crippen molar-refractivity contribution in [3.8, 4) is 0 Å². The van der Waals surface area contributed by atoms with E-state index in [0.717, 1.165) is 18.8 Å². The highest BCUT2D eigenvalue weighted by Crippen LogP contribution is 2.42. The molecule has 0 bridgehead atoms. The maximum absolute atomic E-state index is 4.79. The minimum atomic E-state index is 0.450. The molecular weight excluding hydrogens is 258 g/mol. The lowest BCUT2D eigenvalue weighted by atomic mass is 9.65. The lowest BCUT2D eigenvalue weighted by Crippen LogP contribution is -2.44. The Hall–Kier alpha value is -0.830. The molecule has 1 aliphatic rings. The first kappa shape index (κ1) is 16.5. The van der Waals surface area contributed by atoms with Gasteiger partial charge in [0.2, 0.25) is 0 Å². The average Bonchev–Trinajstić information content (AvgIpc) is 2.92. The molecule has 1 aromatic rings. The number of rotatable bonds is 6. The van der Waals surface area contributed by atoms with Crippen LogP contribution in [0.5, 0.6) is 0 Å². The summed E-state index contributed by atoms with van der Waals surface area (Å²) >= 11 is 0. The second-order valence-electron chi connectivity index (χ2n) is 7.48. The summed E-state index contributed by atoms with van der Waals surface area (Å²) in [4.78, 5) is 0. The Morgan fingerprint density at radius 3 is 2.81 bits per heavy atom. The molecule has 0 saturated heterocycles. The molecule has 1 saturated carbocycles. The predicted octanol–water partition coefficient (Wildman–Crippen LogP) is 4.20. The first-order valence-corrected chi connectivity index (χ1v) is 8.69. The average molecular weight is 291 g/mol. The van der Waals surface area contributed by atoms with Crippen LogP contribution in [0.15, 0.2) is 12.3 Å². The van der Waals surface area contributed by atoms with Gasteiger partial charge in [-0.2, -0.15) is 5.10 Å². The van der Waals surface area contributed by atoms with E-state index in [1.165, 1.54) is 31.4 Å². The molecule has 1 fully saturated rings. The Morgan fingerprint density at radius 1 is 1.43 bits per heavy atom. The topological polar surface area (TPSA) is 29.9 Å². The van der Waals surface area contributed by atoms with Crippen molar-refractivity contribution in [3.63, 3.8) is 0 Å². The summed E-state index contributed by atoms with van der Waals surface area (Å²) < 4.78 is 2.12. The summed E-state index contributed by atoms with van der Waals surface area (Å²) in [6.07, 6.45) is 9.81. The summed E-state index contributed by atoms with van der Waals surface area (Å²) in [5.41, 5.74) is 1.68. The quantitative estimate of drug-likeness (QED) is 0.851. The van der Waals surface area contributed by atoms with E-state index in [1.807, 2.05) is 0 Å². The molecule has 0 radical (unpaired) electrons. The van der Waals surface area contributed by atoms with Crippen LogP contribution < -0.4 is 5.32 Å². The maximum Gasteiger partial charge on any atom is 0.0640 e. The third-order valence-electron chi connectivity index (χ3n) is 5.58. The molecule has 3 nitrogen and oxygen atoms in total. The van der Waals surface area contributed by atoms with Crippen LogP contribution in [0, 0.1) is 11.3 Å². The van der Waals surface area contributed by atoms with E-state index in [2.05, 4.69) is 57.0 Å². The summed E-state index contributed by atoms with van der Waals surface area (Å²) in [6.45, 7) is 9.33. The Morgan fingerprint density at radius 2 is 2.19 bits per heavy atom. The Kier molecular flexibility index (Phi) is 5.48. The fraction of sp³-hybridized carbons (Fsp3) is 0.833. The fourth-order valence-corrected chi connectivity index (χ4v) is 3.86. The number of likely N-dealkylation sites (N-methyl/N-ethyl adjacent to an activating group) is 1. The van der Waals surface area contributed by atoms with Gasteiger partial charge in [0.05, 0.1) is 5.69 Å². The van der Waals surface area contributed by atoms with E-state index in [1.54, 1.807) is 0 Å². The lowest BCUT2D eigenvalue weighted by Gasteiger charge is -2.43. The SMILES string of the molecule is CCC(C)n1ccc(CC(NC)C2CCCCC2(C)C)n1. The van der Waals surface area contributed by atoms with Crippen LogP contribution in [0.4, 0.5) is 0 Å². The first-order chi connectivity index (χ1) is 9.97. The number of nitrogens with one attached hydrogen (secondary N) is 1. The molecule has 3 heteroatoms. The predicted molar refractivity (Wildman–Crippen MR) is 89.5 cm³/mol. The zero-order valence-electron chi connectivity index (χ0n) is 14.5. The second kappa shape index (κ2) is 6.95. The zero-order chi connectivity index (χ0) is 15.5. The maximum atomic E-state index is 4.79. The number of hydrogen-bond acceptors (Lipinski definition) is 2. The summed E-state index contributed by atoms with van der Waals surface area (Å²) in [5, 5.41) is 8.37. The highest BCUT2D eigenvalue weighted by molar-refractivity contribution is 5.04. The van der Waals surface area contributed by atoms with Crippen molar-refractivity contribution < 1.29 is 0 Å². The molecule has 1 N–H and O–H groups in total. The Bertz CT molecular complexity index is 435. The largest absolute Gasteiger partial charge is 0.316 e. The molecule has 1 aromatic heterocycles. The molecule has 21 heavy (non-hydrogen) atoms. The van der Waals surface area contributed by atoms with Crippen LogP contribution in [0.25, 0.3) is 0 Å². The first-order valence-electron chi connectivity index (χ1n) is 8.69. The number of hydrogen-bond donors (Lipinski definition) is 1. The second-order valence-corrected chi connectivity index (χ2v) is 7.48. The zero-order valence-corrected chi connectivity index (χ0v) is 14.5. The van der Waals surface area contributed by atoms with Gasteiger partial charge in [-0.25, -0.2) is 0 Å². The van der Waals surface area contributed by atoms with Gasteiger partial charge in [0.25, 0.3) is 0 Å². The molecule has 1 aliphatic carbocycles. The minimum absolute atomic E-state index is 0.450. The van der Waals surface area contributed by atoms with Crippen molar-refractivity contribution in [2.45, 2.75) is 78.3 Å².